The van der Waals surface area contributed by atoms with E-state index in [2.05, 4.69) is 6.58 Å². The Balaban J connectivity index is 2.83. The first kappa shape index (κ1) is 19.2. The number of carbonyl (C=O) groups is 2. The van der Waals surface area contributed by atoms with E-state index in [4.69, 9.17) is 9.84 Å². The largest absolute Gasteiger partial charge is 0.469 e. The fourth-order valence-electron chi connectivity index (χ4n) is 2.55. The van der Waals surface area contributed by atoms with Crippen LogP contribution in [0, 0.1) is 5.41 Å². The van der Waals surface area contributed by atoms with Crippen molar-refractivity contribution in [3.63, 3.8) is 0 Å². The molecule has 1 heterocycles. The Morgan fingerprint density at radius 3 is 2.74 bits per heavy atom. The van der Waals surface area contributed by atoms with Gasteiger partial charge in [-0.05, 0) is 38.7 Å². The van der Waals surface area contributed by atoms with Gasteiger partial charge >= 0.3 is 5.97 Å². The van der Waals surface area contributed by atoms with Crippen LogP contribution >= 0.6 is 0 Å². The number of hydrogen-bond acceptors (Lipinski definition) is 4. The van der Waals surface area contributed by atoms with Crippen LogP contribution in [0.15, 0.2) is 36.0 Å². The second-order valence-corrected chi connectivity index (χ2v) is 6.23. The van der Waals surface area contributed by atoms with Crippen molar-refractivity contribution < 1.29 is 19.4 Å². The topological polar surface area (TPSA) is 66.8 Å². The molecule has 0 aromatic rings. The molecule has 0 unspecified atom stereocenters. The zero-order chi connectivity index (χ0) is 17.5. The van der Waals surface area contributed by atoms with Crippen molar-refractivity contribution in [1.29, 1.82) is 0 Å². The van der Waals surface area contributed by atoms with E-state index in [1.165, 1.54) is 7.11 Å². The Kier molecular flexibility index (Phi) is 7.23. The van der Waals surface area contributed by atoms with Gasteiger partial charge in [-0.3, -0.25) is 9.59 Å². The first-order valence-electron chi connectivity index (χ1n) is 7.88. The average Bonchev–Trinajstić information content (AvgIpc) is 2.53. The molecule has 1 fully saturated rings. The van der Waals surface area contributed by atoms with Gasteiger partial charge in [0.2, 0.25) is 0 Å². The minimum Gasteiger partial charge on any atom is -0.469 e. The van der Waals surface area contributed by atoms with Gasteiger partial charge in [0.15, 0.2) is 0 Å². The fraction of sp³-hybridized carbons (Fsp3) is 0.556. The maximum atomic E-state index is 12.7. The van der Waals surface area contributed by atoms with E-state index in [1.807, 2.05) is 19.9 Å². The number of allylic oxidation sites excluding steroid dienone is 2. The molecular formula is C18H27NO4. The number of carbonyl (C=O) groups excluding carboxylic acids is 2. The predicted octanol–water partition coefficient (Wildman–Crippen LogP) is 2.23. The summed E-state index contributed by atoms with van der Waals surface area (Å²) in [6.07, 6.45) is 7.02. The van der Waals surface area contributed by atoms with Crippen LogP contribution in [0.4, 0.5) is 0 Å². The van der Waals surface area contributed by atoms with E-state index in [9.17, 15) is 9.59 Å². The number of methoxy groups -OCH3 is 1. The highest BCUT2D eigenvalue weighted by atomic mass is 16.5. The van der Waals surface area contributed by atoms with Gasteiger partial charge in [0.05, 0.1) is 12.5 Å². The Morgan fingerprint density at radius 1 is 1.48 bits per heavy atom. The highest BCUT2D eigenvalue weighted by Crippen LogP contribution is 2.27. The van der Waals surface area contributed by atoms with Crippen molar-refractivity contribution in [2.75, 3.05) is 26.8 Å². The molecule has 5 heteroatoms. The molecule has 23 heavy (non-hydrogen) atoms. The second kappa shape index (κ2) is 8.67. The monoisotopic (exact) mass is 321 g/mol. The Morgan fingerprint density at radius 2 is 2.17 bits per heavy atom. The third-order valence-corrected chi connectivity index (χ3v) is 4.06. The van der Waals surface area contributed by atoms with Crippen molar-refractivity contribution in [3.8, 4) is 0 Å². The van der Waals surface area contributed by atoms with Crippen LogP contribution < -0.4 is 0 Å². The SMILES string of the molecule is C=C/C=C1/CCN(CCC(C)(C)C(=O)OC)C(=O)/C1=C/CCO. The van der Waals surface area contributed by atoms with E-state index < -0.39 is 5.41 Å². The van der Waals surface area contributed by atoms with Crippen LogP contribution in [0.25, 0.3) is 0 Å². The molecule has 0 aliphatic carbocycles. The van der Waals surface area contributed by atoms with Crippen molar-refractivity contribution in [2.24, 2.45) is 5.41 Å². The van der Waals surface area contributed by atoms with E-state index in [0.29, 0.717) is 31.5 Å². The molecule has 0 atom stereocenters. The standard InChI is InChI=1S/C18H27NO4/c1-5-7-14-9-11-19(16(21)15(14)8-6-13-20)12-10-18(2,3)17(22)23-4/h5,7-8,20H,1,6,9-13H2,2-4H3/b14-7-,15-8+. The summed E-state index contributed by atoms with van der Waals surface area (Å²) in [6, 6.07) is 0. The summed E-state index contributed by atoms with van der Waals surface area (Å²) in [4.78, 5) is 26.2. The van der Waals surface area contributed by atoms with Gasteiger partial charge in [-0.25, -0.2) is 0 Å². The molecule has 1 aliphatic heterocycles. The first-order valence-corrected chi connectivity index (χ1v) is 7.88. The molecule has 0 bridgehead atoms. The maximum Gasteiger partial charge on any atom is 0.311 e. The molecule has 5 nitrogen and oxygen atoms in total. The number of aliphatic hydroxyl groups is 1. The minimum absolute atomic E-state index is 0.00746. The molecule has 0 aromatic carbocycles. The van der Waals surface area contributed by atoms with Crippen molar-refractivity contribution in [3.05, 3.63) is 36.0 Å². The molecule has 0 spiro atoms. The predicted molar refractivity (Wildman–Crippen MR) is 89.7 cm³/mol. The van der Waals surface area contributed by atoms with Gasteiger partial charge in [-0.15, -0.1) is 0 Å². The molecule has 1 N–H and O–H groups in total. The molecule has 0 saturated carbocycles. The zero-order valence-corrected chi connectivity index (χ0v) is 14.3. The quantitative estimate of drug-likeness (QED) is 0.577. The number of ether oxygens (including phenoxy) is 1. The van der Waals surface area contributed by atoms with Gasteiger partial charge in [-0.1, -0.05) is 24.8 Å². The number of likely N-dealkylation sites (tertiary alicyclic amines) is 1. The summed E-state index contributed by atoms with van der Waals surface area (Å²) < 4.78 is 4.80. The fourth-order valence-corrected chi connectivity index (χ4v) is 2.55. The molecule has 0 radical (unpaired) electrons. The molecular weight excluding hydrogens is 294 g/mol. The molecule has 1 saturated heterocycles. The second-order valence-electron chi connectivity index (χ2n) is 6.23. The van der Waals surface area contributed by atoms with Crippen LogP contribution in [-0.4, -0.2) is 48.7 Å². The van der Waals surface area contributed by atoms with Crippen LogP contribution in [-0.2, 0) is 14.3 Å². The van der Waals surface area contributed by atoms with E-state index in [0.717, 1.165) is 12.0 Å². The molecule has 1 rings (SSSR count). The van der Waals surface area contributed by atoms with Gasteiger partial charge in [0.25, 0.3) is 5.91 Å². The maximum absolute atomic E-state index is 12.7. The highest BCUT2D eigenvalue weighted by Gasteiger charge is 2.32. The summed E-state index contributed by atoms with van der Waals surface area (Å²) in [6.45, 7) is 8.44. The number of esters is 1. The van der Waals surface area contributed by atoms with Crippen molar-refractivity contribution >= 4 is 11.9 Å². The number of piperidine rings is 1. The summed E-state index contributed by atoms with van der Waals surface area (Å²) in [5.74, 6) is -0.330. The number of aliphatic hydroxyl groups excluding tert-OH is 1. The molecule has 0 aromatic heterocycles. The lowest BCUT2D eigenvalue weighted by molar-refractivity contribution is -0.151. The summed E-state index contributed by atoms with van der Waals surface area (Å²) in [5.41, 5.74) is 0.948. The van der Waals surface area contributed by atoms with Crippen LogP contribution in [0.2, 0.25) is 0 Å². The normalized spacial score (nSPS) is 19.3. The van der Waals surface area contributed by atoms with Gasteiger partial charge in [0, 0.05) is 25.3 Å². The number of rotatable bonds is 7. The van der Waals surface area contributed by atoms with E-state index in [-0.39, 0.29) is 18.5 Å². The van der Waals surface area contributed by atoms with Crippen LogP contribution in [0.5, 0.6) is 0 Å². The Hall–Kier alpha value is -1.88. The number of hydrogen-bond donors (Lipinski definition) is 1. The molecule has 128 valence electrons. The summed E-state index contributed by atoms with van der Waals surface area (Å²) in [5, 5.41) is 9.00. The van der Waals surface area contributed by atoms with E-state index >= 15 is 0 Å². The van der Waals surface area contributed by atoms with E-state index in [1.54, 1.807) is 17.1 Å². The van der Waals surface area contributed by atoms with Crippen molar-refractivity contribution in [2.45, 2.75) is 33.1 Å². The lowest BCUT2D eigenvalue weighted by Gasteiger charge is -2.32. The minimum atomic E-state index is -0.624. The van der Waals surface area contributed by atoms with Gasteiger partial charge < -0.3 is 14.7 Å². The number of amides is 1. The third-order valence-electron chi connectivity index (χ3n) is 4.06. The van der Waals surface area contributed by atoms with Crippen LogP contribution in [0.3, 0.4) is 0 Å². The number of nitrogens with zero attached hydrogens (tertiary/aromatic N) is 1. The lowest BCUT2D eigenvalue weighted by atomic mass is 9.88. The third kappa shape index (κ3) is 5.06. The zero-order valence-electron chi connectivity index (χ0n) is 14.3. The van der Waals surface area contributed by atoms with Crippen LogP contribution in [0.1, 0.15) is 33.1 Å². The first-order chi connectivity index (χ1) is 10.9. The Labute approximate surface area is 138 Å². The van der Waals surface area contributed by atoms with Gasteiger partial charge in [-0.2, -0.15) is 0 Å². The smallest absolute Gasteiger partial charge is 0.311 e. The summed E-state index contributed by atoms with van der Waals surface area (Å²) >= 11 is 0. The van der Waals surface area contributed by atoms with Crippen molar-refractivity contribution in [1.82, 2.24) is 4.90 Å². The summed E-state index contributed by atoms with van der Waals surface area (Å²) in [7, 11) is 1.37. The molecule has 1 amide bonds. The lowest BCUT2D eigenvalue weighted by Crippen LogP contribution is -2.41. The van der Waals surface area contributed by atoms with Gasteiger partial charge in [0.1, 0.15) is 0 Å². The highest BCUT2D eigenvalue weighted by molar-refractivity contribution is 5.99. The molecule has 1 aliphatic rings. The average molecular weight is 321 g/mol. The Bertz CT molecular complexity index is 517.